The van der Waals surface area contributed by atoms with Crippen LogP contribution in [0.1, 0.15) is 66.2 Å². The molecule has 1 saturated carbocycles. The number of carbonyl (C=O) groups excluding carboxylic acids is 1. The standard InChI is InChI=1S/C16H30N2O3/c1-5-6-11-7-9-12(10-8-11)17-15(21)18-13(14(19)20)16(2,3)4/h11-13H,5-10H2,1-4H3,(H,19,20)(H2,17,18,21)/t11?,12?,13-/m0/s1. The van der Waals surface area contributed by atoms with E-state index >= 15 is 0 Å². The Labute approximate surface area is 127 Å². The molecule has 0 unspecified atom stereocenters. The predicted molar refractivity (Wildman–Crippen MR) is 83.2 cm³/mol. The monoisotopic (exact) mass is 298 g/mol. The number of rotatable bonds is 5. The Morgan fingerprint density at radius 2 is 1.76 bits per heavy atom. The summed E-state index contributed by atoms with van der Waals surface area (Å²) in [5.41, 5.74) is -0.512. The lowest BCUT2D eigenvalue weighted by molar-refractivity contribution is -0.141. The van der Waals surface area contributed by atoms with Crippen molar-refractivity contribution in [3.8, 4) is 0 Å². The maximum absolute atomic E-state index is 12.0. The Balaban J connectivity index is 2.42. The van der Waals surface area contributed by atoms with E-state index in [2.05, 4.69) is 17.6 Å². The number of carboxylic acid groups (broad SMARTS) is 1. The summed E-state index contributed by atoms with van der Waals surface area (Å²) >= 11 is 0. The molecule has 1 rings (SSSR count). The number of aliphatic carboxylic acids is 1. The molecule has 5 heteroatoms. The van der Waals surface area contributed by atoms with E-state index in [-0.39, 0.29) is 12.1 Å². The van der Waals surface area contributed by atoms with Crippen molar-refractivity contribution >= 4 is 12.0 Å². The van der Waals surface area contributed by atoms with Gasteiger partial charge in [0.25, 0.3) is 0 Å². The molecule has 0 aromatic rings. The SMILES string of the molecule is CCCC1CCC(NC(=O)N[C@@H](C(=O)O)C(C)(C)C)CC1. The smallest absolute Gasteiger partial charge is 0.326 e. The van der Waals surface area contributed by atoms with E-state index in [4.69, 9.17) is 0 Å². The van der Waals surface area contributed by atoms with Crippen molar-refractivity contribution in [3.05, 3.63) is 0 Å². The van der Waals surface area contributed by atoms with Gasteiger partial charge in [0.2, 0.25) is 0 Å². The summed E-state index contributed by atoms with van der Waals surface area (Å²) in [4.78, 5) is 23.2. The molecule has 3 N–H and O–H groups in total. The minimum absolute atomic E-state index is 0.174. The van der Waals surface area contributed by atoms with Gasteiger partial charge < -0.3 is 15.7 Å². The van der Waals surface area contributed by atoms with Crippen LogP contribution >= 0.6 is 0 Å². The van der Waals surface area contributed by atoms with Crippen LogP contribution in [0.4, 0.5) is 4.79 Å². The minimum atomic E-state index is -0.996. The third-order valence-corrected chi connectivity index (χ3v) is 4.27. The largest absolute Gasteiger partial charge is 0.480 e. The highest BCUT2D eigenvalue weighted by molar-refractivity contribution is 5.83. The molecule has 0 aliphatic heterocycles. The normalized spacial score (nSPS) is 24.2. The van der Waals surface area contributed by atoms with Crippen molar-refractivity contribution in [1.29, 1.82) is 0 Å². The molecule has 0 radical (unpaired) electrons. The zero-order chi connectivity index (χ0) is 16.0. The van der Waals surface area contributed by atoms with Crippen LogP contribution in [0.3, 0.4) is 0 Å². The van der Waals surface area contributed by atoms with Crippen molar-refractivity contribution in [2.75, 3.05) is 0 Å². The van der Waals surface area contributed by atoms with Crippen LogP contribution in [0.2, 0.25) is 0 Å². The van der Waals surface area contributed by atoms with Crippen LogP contribution in [-0.4, -0.2) is 29.2 Å². The third-order valence-electron chi connectivity index (χ3n) is 4.27. The Bertz CT molecular complexity index is 355. The number of carbonyl (C=O) groups is 2. The molecule has 0 aromatic carbocycles. The first kappa shape index (κ1) is 17.8. The van der Waals surface area contributed by atoms with Crippen LogP contribution in [0.25, 0.3) is 0 Å². The van der Waals surface area contributed by atoms with E-state index in [0.29, 0.717) is 0 Å². The second-order valence-corrected chi connectivity index (χ2v) is 7.26. The molecule has 1 fully saturated rings. The van der Waals surface area contributed by atoms with E-state index < -0.39 is 17.4 Å². The molecule has 2 amide bonds. The van der Waals surface area contributed by atoms with Crippen molar-refractivity contribution in [3.63, 3.8) is 0 Å². The van der Waals surface area contributed by atoms with Gasteiger partial charge in [-0.2, -0.15) is 0 Å². The summed E-state index contributed by atoms with van der Waals surface area (Å²) < 4.78 is 0. The molecule has 122 valence electrons. The molecule has 0 aromatic heterocycles. The maximum Gasteiger partial charge on any atom is 0.326 e. The minimum Gasteiger partial charge on any atom is -0.480 e. The second kappa shape index (κ2) is 7.66. The molecule has 1 aliphatic rings. The fourth-order valence-electron chi connectivity index (χ4n) is 3.01. The second-order valence-electron chi connectivity index (χ2n) is 7.26. The summed E-state index contributed by atoms with van der Waals surface area (Å²) in [6.45, 7) is 7.63. The lowest BCUT2D eigenvalue weighted by Gasteiger charge is -2.31. The number of urea groups is 1. The molecule has 0 saturated heterocycles. The van der Waals surface area contributed by atoms with Gasteiger partial charge in [-0.3, -0.25) is 0 Å². The van der Waals surface area contributed by atoms with E-state index in [9.17, 15) is 14.7 Å². The molecule has 5 nitrogen and oxygen atoms in total. The van der Waals surface area contributed by atoms with E-state index in [0.717, 1.165) is 31.6 Å². The van der Waals surface area contributed by atoms with Gasteiger partial charge in [0.1, 0.15) is 6.04 Å². The number of hydrogen-bond donors (Lipinski definition) is 3. The van der Waals surface area contributed by atoms with Crippen LogP contribution in [0, 0.1) is 11.3 Å². The molecule has 1 atom stereocenters. The number of amides is 2. The summed E-state index contributed by atoms with van der Waals surface area (Å²) in [5.74, 6) is -0.207. The number of carboxylic acids is 1. The summed E-state index contributed by atoms with van der Waals surface area (Å²) in [7, 11) is 0. The lowest BCUT2D eigenvalue weighted by atomic mass is 9.83. The van der Waals surface area contributed by atoms with Gasteiger partial charge in [-0.25, -0.2) is 9.59 Å². The highest BCUT2D eigenvalue weighted by atomic mass is 16.4. The predicted octanol–water partition coefficient (Wildman–Crippen LogP) is 3.14. The zero-order valence-corrected chi connectivity index (χ0v) is 13.7. The summed E-state index contributed by atoms with van der Waals surface area (Å²) in [5, 5.41) is 14.7. The maximum atomic E-state index is 12.0. The topological polar surface area (TPSA) is 78.4 Å². The highest BCUT2D eigenvalue weighted by Gasteiger charge is 2.33. The molecule has 21 heavy (non-hydrogen) atoms. The molecular weight excluding hydrogens is 268 g/mol. The van der Waals surface area contributed by atoms with Gasteiger partial charge >= 0.3 is 12.0 Å². The first-order valence-corrected chi connectivity index (χ1v) is 8.03. The first-order chi connectivity index (χ1) is 9.74. The fraction of sp³-hybridized carbons (Fsp3) is 0.875. The third kappa shape index (κ3) is 5.94. The lowest BCUT2D eigenvalue weighted by Crippen LogP contribution is -2.54. The molecule has 0 bridgehead atoms. The van der Waals surface area contributed by atoms with Gasteiger partial charge in [-0.15, -0.1) is 0 Å². The van der Waals surface area contributed by atoms with Crippen molar-refractivity contribution < 1.29 is 14.7 Å². The molecular formula is C16H30N2O3. The Morgan fingerprint density at radius 3 is 2.19 bits per heavy atom. The average molecular weight is 298 g/mol. The zero-order valence-electron chi connectivity index (χ0n) is 13.7. The summed E-state index contributed by atoms with van der Waals surface area (Å²) in [6, 6.07) is -1.07. The number of nitrogens with one attached hydrogen (secondary N) is 2. The summed E-state index contributed by atoms with van der Waals surface area (Å²) in [6.07, 6.45) is 6.77. The van der Waals surface area contributed by atoms with Crippen LogP contribution in [-0.2, 0) is 4.79 Å². The number of hydrogen-bond acceptors (Lipinski definition) is 2. The van der Waals surface area contributed by atoms with Gasteiger partial charge in [-0.05, 0) is 37.0 Å². The van der Waals surface area contributed by atoms with Gasteiger partial charge in [0.15, 0.2) is 0 Å². The van der Waals surface area contributed by atoms with Gasteiger partial charge in [-0.1, -0.05) is 40.5 Å². The van der Waals surface area contributed by atoms with Crippen molar-refractivity contribution in [2.24, 2.45) is 11.3 Å². The van der Waals surface area contributed by atoms with Crippen molar-refractivity contribution in [2.45, 2.75) is 78.3 Å². The van der Waals surface area contributed by atoms with E-state index in [1.807, 2.05) is 20.8 Å². The Kier molecular flexibility index (Phi) is 6.49. The highest BCUT2D eigenvalue weighted by Crippen LogP contribution is 2.27. The van der Waals surface area contributed by atoms with Gasteiger partial charge in [0.05, 0.1) is 0 Å². The van der Waals surface area contributed by atoms with E-state index in [1.165, 1.54) is 12.8 Å². The Hall–Kier alpha value is -1.26. The van der Waals surface area contributed by atoms with Gasteiger partial charge in [0, 0.05) is 6.04 Å². The average Bonchev–Trinajstić information content (AvgIpc) is 2.37. The fourth-order valence-corrected chi connectivity index (χ4v) is 3.01. The molecule has 1 aliphatic carbocycles. The quantitative estimate of drug-likeness (QED) is 0.729. The first-order valence-electron chi connectivity index (χ1n) is 8.03. The van der Waals surface area contributed by atoms with E-state index in [1.54, 1.807) is 0 Å². The molecule has 0 heterocycles. The Morgan fingerprint density at radius 1 is 1.19 bits per heavy atom. The molecule has 0 spiro atoms. The van der Waals surface area contributed by atoms with Crippen LogP contribution in [0.5, 0.6) is 0 Å². The van der Waals surface area contributed by atoms with Crippen LogP contribution < -0.4 is 10.6 Å². The van der Waals surface area contributed by atoms with Crippen LogP contribution in [0.15, 0.2) is 0 Å². The van der Waals surface area contributed by atoms with Crippen molar-refractivity contribution in [1.82, 2.24) is 10.6 Å².